The smallest absolute Gasteiger partial charge is 0.330 e. The van der Waals surface area contributed by atoms with Crippen molar-refractivity contribution in [3.05, 3.63) is 38.7 Å². The van der Waals surface area contributed by atoms with Gasteiger partial charge in [0.25, 0.3) is 5.56 Å². The minimum atomic E-state index is -0.420. The number of carbonyl (C=O) groups is 1. The topological polar surface area (TPSA) is 64.3 Å². The fourth-order valence-corrected chi connectivity index (χ4v) is 1.26. The quantitative estimate of drug-likeness (QED) is 0.632. The minimum absolute atomic E-state index is 0.221. The van der Waals surface area contributed by atoms with Crippen LogP contribution in [0, 0.1) is 0 Å². The molecule has 1 heterocycles. The van der Waals surface area contributed by atoms with Crippen molar-refractivity contribution in [1.82, 2.24) is 14.0 Å². The molecule has 1 rings (SSSR count). The number of hydrogen-bond acceptors (Lipinski definition) is 3. The summed E-state index contributed by atoms with van der Waals surface area (Å²) in [6.45, 7) is 0. The third-order valence-electron chi connectivity index (χ3n) is 2.32. The molecule has 0 aromatic carbocycles. The first-order chi connectivity index (χ1) is 7.84. The van der Waals surface area contributed by atoms with Gasteiger partial charge in [-0.1, -0.05) is 0 Å². The van der Waals surface area contributed by atoms with Crippen LogP contribution >= 0.6 is 0 Å². The number of aromatic nitrogens is 2. The molecule has 1 amide bonds. The number of hydrogen-bond donors (Lipinski definition) is 0. The summed E-state index contributed by atoms with van der Waals surface area (Å²) in [5.41, 5.74) is -0.521. The van der Waals surface area contributed by atoms with Crippen LogP contribution in [0.15, 0.2) is 21.9 Å². The van der Waals surface area contributed by atoms with Crippen molar-refractivity contribution in [2.75, 3.05) is 14.1 Å². The maximum atomic E-state index is 11.7. The largest absolute Gasteiger partial charge is 0.345 e. The van der Waals surface area contributed by atoms with E-state index in [-0.39, 0.29) is 5.91 Å². The van der Waals surface area contributed by atoms with E-state index in [1.165, 1.54) is 34.9 Å². The molecule has 6 heteroatoms. The van der Waals surface area contributed by atoms with Crippen molar-refractivity contribution in [1.29, 1.82) is 0 Å². The second-order valence-electron chi connectivity index (χ2n) is 3.91. The normalized spacial score (nSPS) is 10.8. The molecule has 0 atom stereocenters. The highest BCUT2D eigenvalue weighted by atomic mass is 16.2. The molecule has 0 unspecified atom stereocenters. The van der Waals surface area contributed by atoms with Gasteiger partial charge in [0, 0.05) is 40.5 Å². The second kappa shape index (κ2) is 4.82. The van der Waals surface area contributed by atoms with Crippen LogP contribution in [0.2, 0.25) is 0 Å². The van der Waals surface area contributed by atoms with Crippen LogP contribution in [0.5, 0.6) is 0 Å². The molecule has 0 bridgehead atoms. The number of carbonyl (C=O) groups excluding carboxylic acids is 1. The van der Waals surface area contributed by atoms with E-state index in [0.29, 0.717) is 5.56 Å². The lowest BCUT2D eigenvalue weighted by Crippen LogP contribution is -2.37. The molecule has 0 fully saturated rings. The molecule has 0 aliphatic carbocycles. The van der Waals surface area contributed by atoms with E-state index in [9.17, 15) is 14.4 Å². The standard InChI is InChI=1S/C11H15N3O3/c1-12(2)9(15)6-5-8-7-13(3)11(17)14(4)10(8)16/h5-7H,1-4H3/b6-5+. The van der Waals surface area contributed by atoms with Crippen LogP contribution in [-0.2, 0) is 18.9 Å². The molecular formula is C11H15N3O3. The van der Waals surface area contributed by atoms with Crippen LogP contribution in [-0.4, -0.2) is 34.0 Å². The van der Waals surface area contributed by atoms with Gasteiger partial charge in [0.15, 0.2) is 0 Å². The van der Waals surface area contributed by atoms with Gasteiger partial charge in [-0.2, -0.15) is 0 Å². The predicted octanol–water partition coefficient (Wildman–Crippen LogP) is -0.815. The van der Waals surface area contributed by atoms with Crippen molar-refractivity contribution >= 4 is 12.0 Å². The van der Waals surface area contributed by atoms with Gasteiger partial charge >= 0.3 is 5.69 Å². The molecule has 0 saturated heterocycles. The van der Waals surface area contributed by atoms with E-state index in [1.54, 1.807) is 21.1 Å². The molecule has 0 saturated carbocycles. The Bertz CT molecular complexity index is 579. The summed E-state index contributed by atoms with van der Waals surface area (Å²) in [7, 11) is 6.18. The van der Waals surface area contributed by atoms with Crippen LogP contribution in [0.3, 0.4) is 0 Å². The monoisotopic (exact) mass is 237 g/mol. The molecule has 0 N–H and O–H groups in total. The minimum Gasteiger partial charge on any atom is -0.345 e. The maximum absolute atomic E-state index is 11.7. The fourth-order valence-electron chi connectivity index (χ4n) is 1.26. The van der Waals surface area contributed by atoms with E-state index >= 15 is 0 Å². The first-order valence-electron chi connectivity index (χ1n) is 5.00. The summed E-state index contributed by atoms with van der Waals surface area (Å²) in [6.07, 6.45) is 4.11. The van der Waals surface area contributed by atoms with Crippen molar-refractivity contribution in [2.24, 2.45) is 14.1 Å². The van der Waals surface area contributed by atoms with Crippen molar-refractivity contribution < 1.29 is 4.79 Å². The van der Waals surface area contributed by atoms with E-state index in [2.05, 4.69) is 0 Å². The van der Waals surface area contributed by atoms with E-state index in [1.807, 2.05) is 0 Å². The Hall–Kier alpha value is -2.11. The molecule has 0 aliphatic heterocycles. The first kappa shape index (κ1) is 13.0. The Morgan fingerprint density at radius 1 is 1.29 bits per heavy atom. The summed E-state index contributed by atoms with van der Waals surface area (Å²) in [4.78, 5) is 35.8. The number of likely N-dealkylation sites (N-methyl/N-ethyl adjacent to an activating group) is 1. The Balaban J connectivity index is 3.22. The Labute approximate surface area is 98.4 Å². The van der Waals surface area contributed by atoms with Crippen molar-refractivity contribution in [3.8, 4) is 0 Å². The van der Waals surface area contributed by atoms with Gasteiger partial charge in [-0.05, 0) is 6.08 Å². The summed E-state index contributed by atoms with van der Waals surface area (Å²) in [5.74, 6) is -0.221. The first-order valence-corrected chi connectivity index (χ1v) is 5.00. The zero-order valence-corrected chi connectivity index (χ0v) is 10.3. The second-order valence-corrected chi connectivity index (χ2v) is 3.91. The highest BCUT2D eigenvalue weighted by molar-refractivity contribution is 5.91. The molecule has 1 aromatic heterocycles. The van der Waals surface area contributed by atoms with Crippen molar-refractivity contribution in [2.45, 2.75) is 0 Å². The summed E-state index contributed by atoms with van der Waals surface area (Å²) >= 11 is 0. The molecule has 0 aliphatic rings. The summed E-state index contributed by atoms with van der Waals surface area (Å²) in [6, 6.07) is 0. The third kappa shape index (κ3) is 2.72. The average Bonchev–Trinajstić information content (AvgIpc) is 2.28. The summed E-state index contributed by atoms with van der Waals surface area (Å²) in [5, 5.41) is 0. The number of nitrogens with zero attached hydrogens (tertiary/aromatic N) is 3. The molecule has 92 valence electrons. The highest BCUT2D eigenvalue weighted by Gasteiger charge is 2.04. The zero-order chi connectivity index (χ0) is 13.2. The van der Waals surface area contributed by atoms with Gasteiger partial charge in [0.1, 0.15) is 0 Å². The molecular weight excluding hydrogens is 222 g/mol. The Morgan fingerprint density at radius 3 is 2.41 bits per heavy atom. The Morgan fingerprint density at radius 2 is 1.88 bits per heavy atom. The molecule has 0 radical (unpaired) electrons. The lowest BCUT2D eigenvalue weighted by molar-refractivity contribution is -0.123. The third-order valence-corrected chi connectivity index (χ3v) is 2.32. The number of amides is 1. The number of aryl methyl sites for hydroxylation is 1. The maximum Gasteiger partial charge on any atom is 0.330 e. The van der Waals surface area contributed by atoms with Crippen LogP contribution in [0.1, 0.15) is 5.56 Å². The van der Waals surface area contributed by atoms with Gasteiger partial charge in [0.2, 0.25) is 5.91 Å². The van der Waals surface area contributed by atoms with Crippen molar-refractivity contribution in [3.63, 3.8) is 0 Å². The van der Waals surface area contributed by atoms with Crippen LogP contribution in [0.25, 0.3) is 6.08 Å². The lowest BCUT2D eigenvalue weighted by Gasteiger charge is -2.06. The van der Waals surface area contributed by atoms with Gasteiger partial charge < -0.3 is 9.47 Å². The molecule has 17 heavy (non-hydrogen) atoms. The molecule has 6 nitrogen and oxygen atoms in total. The number of rotatable bonds is 2. The van der Waals surface area contributed by atoms with Gasteiger partial charge in [-0.3, -0.25) is 14.2 Å². The fraction of sp³-hybridized carbons (Fsp3) is 0.364. The van der Waals surface area contributed by atoms with E-state index in [4.69, 9.17) is 0 Å². The molecule has 1 aromatic rings. The average molecular weight is 237 g/mol. The van der Waals surface area contributed by atoms with Gasteiger partial charge in [0.05, 0.1) is 5.56 Å². The molecule has 0 spiro atoms. The SMILES string of the molecule is CN(C)C(=O)/C=C/c1cn(C)c(=O)n(C)c1=O. The summed E-state index contributed by atoms with van der Waals surface area (Å²) < 4.78 is 2.29. The van der Waals surface area contributed by atoms with E-state index in [0.717, 1.165) is 4.57 Å². The Kier molecular flexibility index (Phi) is 3.67. The zero-order valence-electron chi connectivity index (χ0n) is 10.3. The lowest BCUT2D eigenvalue weighted by atomic mass is 10.3. The van der Waals surface area contributed by atoms with Crippen LogP contribution in [0.4, 0.5) is 0 Å². The van der Waals surface area contributed by atoms with E-state index < -0.39 is 11.2 Å². The van der Waals surface area contributed by atoms with Gasteiger partial charge in [-0.15, -0.1) is 0 Å². The van der Waals surface area contributed by atoms with Crippen LogP contribution < -0.4 is 11.2 Å². The van der Waals surface area contributed by atoms with Gasteiger partial charge in [-0.25, -0.2) is 4.79 Å². The highest BCUT2D eigenvalue weighted by Crippen LogP contribution is 1.93. The predicted molar refractivity (Wildman–Crippen MR) is 64.7 cm³/mol.